The van der Waals surface area contributed by atoms with Crippen LogP contribution in [0.2, 0.25) is 5.02 Å². The third kappa shape index (κ3) is 3.62. The summed E-state index contributed by atoms with van der Waals surface area (Å²) in [7, 11) is 0. The zero-order valence-electron chi connectivity index (χ0n) is 12.7. The molecule has 2 aliphatic rings. The third-order valence-corrected chi connectivity index (χ3v) is 5.09. The molecule has 0 aromatic heterocycles. The van der Waals surface area contributed by atoms with E-state index in [0.717, 1.165) is 25.1 Å². The van der Waals surface area contributed by atoms with Gasteiger partial charge in [0.15, 0.2) is 0 Å². The predicted molar refractivity (Wildman–Crippen MR) is 86.8 cm³/mol. The Balaban J connectivity index is 1.53. The number of nitrogens with zero attached hydrogens (tertiary/aromatic N) is 1. The highest BCUT2D eigenvalue weighted by molar-refractivity contribution is 6.30. The molecule has 3 atom stereocenters. The first-order valence-electron chi connectivity index (χ1n) is 8.10. The van der Waals surface area contributed by atoms with Crippen molar-refractivity contribution in [1.82, 2.24) is 10.2 Å². The van der Waals surface area contributed by atoms with Crippen molar-refractivity contribution in [2.45, 2.75) is 50.3 Å². The highest BCUT2D eigenvalue weighted by Gasteiger charge is 2.36. The van der Waals surface area contributed by atoms with E-state index in [1.165, 1.54) is 19.3 Å². The Morgan fingerprint density at radius 2 is 2.05 bits per heavy atom. The van der Waals surface area contributed by atoms with Crippen LogP contribution in [0, 0.1) is 0 Å². The molecule has 5 heteroatoms. The maximum atomic E-state index is 12.2. The maximum absolute atomic E-state index is 12.2. The Morgan fingerprint density at radius 1 is 1.27 bits per heavy atom. The van der Waals surface area contributed by atoms with Crippen LogP contribution in [0.1, 0.15) is 43.8 Å². The quantitative estimate of drug-likeness (QED) is 0.895. The molecule has 0 bridgehead atoms. The number of aliphatic hydroxyl groups is 1. The lowest BCUT2D eigenvalue weighted by Gasteiger charge is -2.32. The molecular weight excluding hydrogens is 300 g/mol. The summed E-state index contributed by atoms with van der Waals surface area (Å²) in [5, 5.41) is 13.9. The minimum absolute atomic E-state index is 0.0696. The molecule has 1 aromatic carbocycles. The fourth-order valence-electron chi connectivity index (χ4n) is 3.66. The number of carbonyl (C=O) groups is 1. The standard InChI is InChI=1S/C17H23ClN2O2/c18-13-6-4-12(5-7-13)16(21)11-17(22)19-14-8-10-20-9-2-1-3-15(14)20/h4-7,14-16,21H,1-3,8-11H2,(H,19,22). The van der Waals surface area contributed by atoms with Crippen LogP contribution in [0.25, 0.3) is 0 Å². The first kappa shape index (κ1) is 15.8. The molecule has 0 saturated carbocycles. The zero-order chi connectivity index (χ0) is 15.5. The van der Waals surface area contributed by atoms with Crippen molar-refractivity contribution >= 4 is 17.5 Å². The van der Waals surface area contributed by atoms with E-state index >= 15 is 0 Å². The number of rotatable bonds is 4. The van der Waals surface area contributed by atoms with E-state index in [0.29, 0.717) is 11.1 Å². The fraction of sp³-hybridized carbons (Fsp3) is 0.588. The minimum Gasteiger partial charge on any atom is -0.388 e. The molecule has 0 spiro atoms. The molecule has 3 rings (SSSR count). The molecule has 1 amide bonds. The lowest BCUT2D eigenvalue weighted by Crippen LogP contribution is -2.47. The van der Waals surface area contributed by atoms with Gasteiger partial charge in [0.2, 0.25) is 5.91 Å². The lowest BCUT2D eigenvalue weighted by atomic mass is 9.98. The number of aliphatic hydroxyl groups excluding tert-OH is 1. The van der Waals surface area contributed by atoms with Gasteiger partial charge < -0.3 is 10.4 Å². The van der Waals surface area contributed by atoms with Crippen LogP contribution in [0.3, 0.4) is 0 Å². The van der Waals surface area contributed by atoms with Gasteiger partial charge in [0, 0.05) is 23.7 Å². The van der Waals surface area contributed by atoms with Crippen molar-refractivity contribution in [1.29, 1.82) is 0 Å². The smallest absolute Gasteiger partial charge is 0.223 e. The number of nitrogens with one attached hydrogen (secondary N) is 1. The highest BCUT2D eigenvalue weighted by atomic mass is 35.5. The molecule has 2 saturated heterocycles. The van der Waals surface area contributed by atoms with E-state index in [2.05, 4.69) is 10.2 Å². The average molecular weight is 323 g/mol. The average Bonchev–Trinajstić information content (AvgIpc) is 2.91. The summed E-state index contributed by atoms with van der Waals surface area (Å²) in [6.07, 6.45) is 4.04. The van der Waals surface area contributed by atoms with Crippen LogP contribution in [0.4, 0.5) is 0 Å². The predicted octanol–water partition coefficient (Wildman–Crippen LogP) is 2.51. The topological polar surface area (TPSA) is 52.6 Å². The maximum Gasteiger partial charge on any atom is 0.223 e. The number of piperidine rings is 1. The van der Waals surface area contributed by atoms with E-state index < -0.39 is 6.10 Å². The van der Waals surface area contributed by atoms with Gasteiger partial charge in [-0.1, -0.05) is 30.2 Å². The lowest BCUT2D eigenvalue weighted by molar-refractivity contribution is -0.124. The number of hydrogen-bond donors (Lipinski definition) is 2. The Kier molecular flexibility index (Phi) is 5.01. The Morgan fingerprint density at radius 3 is 2.82 bits per heavy atom. The molecule has 4 nitrogen and oxygen atoms in total. The number of amides is 1. The summed E-state index contributed by atoms with van der Waals surface area (Å²) < 4.78 is 0. The normalized spacial score (nSPS) is 26.5. The molecule has 0 aliphatic carbocycles. The largest absolute Gasteiger partial charge is 0.388 e. The van der Waals surface area contributed by atoms with E-state index in [9.17, 15) is 9.90 Å². The van der Waals surface area contributed by atoms with Crippen LogP contribution < -0.4 is 5.32 Å². The van der Waals surface area contributed by atoms with Gasteiger partial charge >= 0.3 is 0 Å². The second kappa shape index (κ2) is 6.99. The first-order chi connectivity index (χ1) is 10.6. The van der Waals surface area contributed by atoms with Crippen LogP contribution in [0.15, 0.2) is 24.3 Å². The van der Waals surface area contributed by atoms with Crippen molar-refractivity contribution in [3.05, 3.63) is 34.9 Å². The summed E-state index contributed by atoms with van der Waals surface area (Å²) in [5.74, 6) is -0.0696. The molecule has 22 heavy (non-hydrogen) atoms. The monoisotopic (exact) mass is 322 g/mol. The molecule has 2 fully saturated rings. The zero-order valence-corrected chi connectivity index (χ0v) is 13.4. The number of carbonyl (C=O) groups excluding carboxylic acids is 1. The molecule has 2 heterocycles. The summed E-state index contributed by atoms with van der Waals surface area (Å²) in [5.41, 5.74) is 0.727. The van der Waals surface area contributed by atoms with Crippen LogP contribution >= 0.6 is 11.6 Å². The van der Waals surface area contributed by atoms with Gasteiger partial charge in [-0.3, -0.25) is 9.69 Å². The van der Waals surface area contributed by atoms with E-state index in [1.54, 1.807) is 24.3 Å². The molecule has 2 aliphatic heterocycles. The summed E-state index contributed by atoms with van der Waals surface area (Å²) in [6, 6.07) is 7.72. The van der Waals surface area contributed by atoms with Crippen molar-refractivity contribution in [3.8, 4) is 0 Å². The van der Waals surface area contributed by atoms with E-state index in [4.69, 9.17) is 11.6 Å². The molecule has 2 N–H and O–H groups in total. The van der Waals surface area contributed by atoms with Gasteiger partial charge in [0.1, 0.15) is 0 Å². The molecule has 3 unspecified atom stereocenters. The Hall–Kier alpha value is -1.10. The SMILES string of the molecule is O=C(CC(O)c1ccc(Cl)cc1)NC1CCN2CCCCC12. The van der Waals surface area contributed by atoms with Crippen molar-refractivity contribution < 1.29 is 9.90 Å². The summed E-state index contributed by atoms with van der Waals surface area (Å²) >= 11 is 5.83. The minimum atomic E-state index is -0.777. The number of fused-ring (bicyclic) bond motifs is 1. The number of halogens is 1. The van der Waals surface area contributed by atoms with Crippen molar-refractivity contribution in [2.24, 2.45) is 0 Å². The summed E-state index contributed by atoms with van der Waals surface area (Å²) in [6.45, 7) is 2.24. The Bertz CT molecular complexity index is 520. The fourth-order valence-corrected chi connectivity index (χ4v) is 3.79. The van der Waals surface area contributed by atoms with E-state index in [-0.39, 0.29) is 18.4 Å². The van der Waals surface area contributed by atoms with Gasteiger partial charge in [-0.05, 0) is 43.5 Å². The van der Waals surface area contributed by atoms with Gasteiger partial charge in [-0.2, -0.15) is 0 Å². The van der Waals surface area contributed by atoms with Gasteiger partial charge in [-0.15, -0.1) is 0 Å². The summed E-state index contributed by atoms with van der Waals surface area (Å²) in [4.78, 5) is 14.7. The van der Waals surface area contributed by atoms with Crippen LogP contribution in [-0.4, -0.2) is 41.1 Å². The second-order valence-electron chi connectivity index (χ2n) is 6.33. The number of benzene rings is 1. The molecule has 0 radical (unpaired) electrons. The van der Waals surface area contributed by atoms with Crippen LogP contribution in [-0.2, 0) is 4.79 Å². The molecular formula is C17H23ClN2O2. The van der Waals surface area contributed by atoms with Gasteiger partial charge in [-0.25, -0.2) is 0 Å². The third-order valence-electron chi connectivity index (χ3n) is 4.84. The molecule has 1 aromatic rings. The highest BCUT2D eigenvalue weighted by Crippen LogP contribution is 2.27. The van der Waals surface area contributed by atoms with Gasteiger partial charge in [0.25, 0.3) is 0 Å². The number of hydrogen-bond acceptors (Lipinski definition) is 3. The Labute approximate surface area is 136 Å². The second-order valence-corrected chi connectivity index (χ2v) is 6.77. The first-order valence-corrected chi connectivity index (χ1v) is 8.48. The van der Waals surface area contributed by atoms with Gasteiger partial charge in [0.05, 0.1) is 12.5 Å². The molecule has 120 valence electrons. The van der Waals surface area contributed by atoms with Crippen molar-refractivity contribution in [3.63, 3.8) is 0 Å². The van der Waals surface area contributed by atoms with Crippen LogP contribution in [0.5, 0.6) is 0 Å². The van der Waals surface area contributed by atoms with E-state index in [1.807, 2.05) is 0 Å². The van der Waals surface area contributed by atoms with Crippen molar-refractivity contribution in [2.75, 3.05) is 13.1 Å².